The van der Waals surface area contributed by atoms with Crippen LogP contribution in [0.4, 0.5) is 11.4 Å². The number of amides is 1. The molecule has 2 rings (SSSR count). The van der Waals surface area contributed by atoms with E-state index in [0.717, 1.165) is 0 Å². The Morgan fingerprint density at radius 3 is 2.89 bits per heavy atom. The largest absolute Gasteiger partial charge is 0.504 e. The molecule has 2 N–H and O–H groups in total. The minimum atomic E-state index is -0.443. The third-order valence-corrected chi connectivity index (χ3v) is 2.26. The van der Waals surface area contributed by atoms with Crippen molar-refractivity contribution in [3.8, 4) is 5.75 Å². The summed E-state index contributed by atoms with van der Waals surface area (Å²) in [4.78, 5) is 25.9. The van der Waals surface area contributed by atoms with Crippen molar-refractivity contribution in [3.63, 3.8) is 0 Å². The normalized spacial score (nSPS) is 9.78. The lowest BCUT2D eigenvalue weighted by atomic mass is 10.2. The van der Waals surface area contributed by atoms with E-state index >= 15 is 0 Å². The summed E-state index contributed by atoms with van der Waals surface area (Å²) >= 11 is 0. The Morgan fingerprint density at radius 2 is 2.17 bits per heavy atom. The number of carbonyl (C=O) groups is 1. The van der Waals surface area contributed by atoms with Gasteiger partial charge in [-0.2, -0.15) is 0 Å². The second-order valence-electron chi connectivity index (χ2n) is 3.49. The van der Waals surface area contributed by atoms with Crippen LogP contribution >= 0.6 is 0 Å². The summed E-state index contributed by atoms with van der Waals surface area (Å²) in [5.41, 5.74) is 0.698. The highest BCUT2D eigenvalue weighted by Crippen LogP contribution is 2.21. The molecule has 0 unspecified atom stereocenters. The first-order valence-electron chi connectivity index (χ1n) is 5.08. The zero-order chi connectivity index (χ0) is 13.0. The Balaban J connectivity index is 2.22. The van der Waals surface area contributed by atoms with Crippen LogP contribution in [0.3, 0.4) is 0 Å². The van der Waals surface area contributed by atoms with Crippen LogP contribution in [0, 0.1) is 4.91 Å². The van der Waals surface area contributed by atoms with Gasteiger partial charge >= 0.3 is 0 Å². The maximum absolute atomic E-state index is 11.8. The number of hydrogen-bond donors (Lipinski definition) is 2. The lowest BCUT2D eigenvalue weighted by Gasteiger charge is -2.06. The van der Waals surface area contributed by atoms with Crippen LogP contribution in [0.1, 0.15) is 10.4 Å². The first kappa shape index (κ1) is 11.7. The van der Waals surface area contributed by atoms with Crippen LogP contribution in [0.25, 0.3) is 0 Å². The van der Waals surface area contributed by atoms with Crippen molar-refractivity contribution in [2.75, 3.05) is 5.32 Å². The number of benzene rings is 1. The quantitative estimate of drug-likeness (QED) is 0.810. The predicted molar refractivity (Wildman–Crippen MR) is 65.8 cm³/mol. The minimum Gasteiger partial charge on any atom is -0.504 e. The molecule has 1 heterocycles. The standard InChI is InChI=1S/C12H9N3O3/c16-11-7-13-5-4-10(11)14-12(17)8-2-1-3-9(6-8)15-18/h1-7,16H,(H,13,14,17). The Labute approximate surface area is 102 Å². The fraction of sp³-hybridized carbons (Fsp3) is 0. The zero-order valence-corrected chi connectivity index (χ0v) is 9.20. The summed E-state index contributed by atoms with van der Waals surface area (Å²) in [5, 5.41) is 14.7. The molecule has 1 aromatic heterocycles. The molecule has 0 saturated heterocycles. The summed E-state index contributed by atoms with van der Waals surface area (Å²) in [6.07, 6.45) is 2.66. The monoisotopic (exact) mass is 243 g/mol. The number of nitrogens with zero attached hydrogens (tertiary/aromatic N) is 2. The highest BCUT2D eigenvalue weighted by Gasteiger charge is 2.09. The third kappa shape index (κ3) is 2.49. The Morgan fingerprint density at radius 1 is 1.33 bits per heavy atom. The molecule has 18 heavy (non-hydrogen) atoms. The van der Waals surface area contributed by atoms with E-state index < -0.39 is 5.91 Å². The molecule has 0 bridgehead atoms. The molecular weight excluding hydrogens is 234 g/mol. The second kappa shape index (κ2) is 5.05. The molecule has 0 radical (unpaired) electrons. The predicted octanol–water partition coefficient (Wildman–Crippen LogP) is 2.44. The number of anilines is 1. The molecule has 2 aromatic rings. The van der Waals surface area contributed by atoms with Gasteiger partial charge in [-0.3, -0.25) is 9.78 Å². The minimum absolute atomic E-state index is 0.129. The van der Waals surface area contributed by atoms with Gasteiger partial charge < -0.3 is 10.4 Å². The second-order valence-corrected chi connectivity index (χ2v) is 3.49. The SMILES string of the molecule is O=Nc1cccc(C(=O)Nc2ccncc2O)c1. The molecule has 6 nitrogen and oxygen atoms in total. The number of nitroso groups, excluding NO2 is 1. The highest BCUT2D eigenvalue weighted by molar-refractivity contribution is 6.05. The number of aromatic hydroxyl groups is 1. The van der Waals surface area contributed by atoms with Crippen LogP contribution in [-0.2, 0) is 0 Å². The van der Waals surface area contributed by atoms with E-state index in [9.17, 15) is 14.8 Å². The molecule has 0 aliphatic rings. The van der Waals surface area contributed by atoms with E-state index in [1.54, 1.807) is 12.1 Å². The molecule has 0 spiro atoms. The van der Waals surface area contributed by atoms with E-state index in [-0.39, 0.29) is 22.7 Å². The van der Waals surface area contributed by atoms with Crippen molar-refractivity contribution in [3.05, 3.63) is 53.2 Å². The van der Waals surface area contributed by atoms with Gasteiger partial charge in [-0.25, -0.2) is 0 Å². The van der Waals surface area contributed by atoms with E-state index in [2.05, 4.69) is 15.5 Å². The van der Waals surface area contributed by atoms with Crippen LogP contribution < -0.4 is 5.32 Å². The molecular formula is C12H9N3O3. The van der Waals surface area contributed by atoms with E-state index in [0.29, 0.717) is 0 Å². The number of pyridine rings is 1. The molecule has 0 aliphatic heterocycles. The third-order valence-electron chi connectivity index (χ3n) is 2.26. The van der Waals surface area contributed by atoms with Crippen molar-refractivity contribution in [2.45, 2.75) is 0 Å². The fourth-order valence-corrected chi connectivity index (χ4v) is 1.39. The van der Waals surface area contributed by atoms with Crippen molar-refractivity contribution in [2.24, 2.45) is 5.18 Å². The fourth-order valence-electron chi connectivity index (χ4n) is 1.39. The van der Waals surface area contributed by atoms with Gasteiger partial charge in [-0.1, -0.05) is 6.07 Å². The van der Waals surface area contributed by atoms with Crippen LogP contribution in [0.2, 0.25) is 0 Å². The highest BCUT2D eigenvalue weighted by atomic mass is 16.3. The smallest absolute Gasteiger partial charge is 0.255 e. The molecule has 90 valence electrons. The molecule has 0 aliphatic carbocycles. The summed E-state index contributed by atoms with van der Waals surface area (Å²) in [6, 6.07) is 7.42. The topological polar surface area (TPSA) is 91.7 Å². The summed E-state index contributed by atoms with van der Waals surface area (Å²) in [7, 11) is 0. The number of nitrogens with one attached hydrogen (secondary N) is 1. The summed E-state index contributed by atoms with van der Waals surface area (Å²) in [5.74, 6) is -0.572. The number of carbonyl (C=O) groups excluding carboxylic acids is 1. The first-order chi connectivity index (χ1) is 8.70. The van der Waals surface area contributed by atoms with Gasteiger partial charge in [-0.15, -0.1) is 4.91 Å². The Hall–Kier alpha value is -2.76. The maximum Gasteiger partial charge on any atom is 0.255 e. The van der Waals surface area contributed by atoms with Crippen molar-refractivity contribution >= 4 is 17.3 Å². The molecule has 0 saturated carbocycles. The van der Waals surface area contributed by atoms with Crippen LogP contribution in [-0.4, -0.2) is 16.0 Å². The Kier molecular flexibility index (Phi) is 3.29. The lowest BCUT2D eigenvalue weighted by Crippen LogP contribution is -2.11. The number of hydrogen-bond acceptors (Lipinski definition) is 5. The molecule has 1 aromatic carbocycles. The van der Waals surface area contributed by atoms with Gasteiger partial charge in [0.25, 0.3) is 5.91 Å². The van der Waals surface area contributed by atoms with E-state index in [4.69, 9.17) is 0 Å². The lowest BCUT2D eigenvalue weighted by molar-refractivity contribution is 0.102. The summed E-state index contributed by atoms with van der Waals surface area (Å²) < 4.78 is 0. The van der Waals surface area contributed by atoms with E-state index in [1.165, 1.54) is 30.6 Å². The van der Waals surface area contributed by atoms with Crippen molar-refractivity contribution in [1.29, 1.82) is 0 Å². The van der Waals surface area contributed by atoms with Gasteiger partial charge in [0.05, 0.1) is 11.9 Å². The van der Waals surface area contributed by atoms with Crippen molar-refractivity contribution < 1.29 is 9.90 Å². The zero-order valence-electron chi connectivity index (χ0n) is 9.20. The molecule has 1 amide bonds. The molecule has 0 atom stereocenters. The molecule has 6 heteroatoms. The molecule has 0 fully saturated rings. The van der Waals surface area contributed by atoms with Crippen LogP contribution in [0.5, 0.6) is 5.75 Å². The van der Waals surface area contributed by atoms with Crippen LogP contribution in [0.15, 0.2) is 47.9 Å². The average Bonchev–Trinajstić information content (AvgIpc) is 2.41. The maximum atomic E-state index is 11.8. The van der Waals surface area contributed by atoms with E-state index in [1.807, 2.05) is 0 Å². The van der Waals surface area contributed by atoms with Gasteiger partial charge in [0, 0.05) is 11.8 Å². The van der Waals surface area contributed by atoms with Crippen molar-refractivity contribution in [1.82, 2.24) is 4.98 Å². The van der Waals surface area contributed by atoms with Gasteiger partial charge in [-0.05, 0) is 29.4 Å². The Bertz CT molecular complexity index is 599. The average molecular weight is 243 g/mol. The number of aromatic nitrogens is 1. The first-order valence-corrected chi connectivity index (χ1v) is 5.08. The van der Waals surface area contributed by atoms with Gasteiger partial charge in [0.1, 0.15) is 5.69 Å². The van der Waals surface area contributed by atoms with Gasteiger partial charge in [0.15, 0.2) is 5.75 Å². The number of rotatable bonds is 3. The summed E-state index contributed by atoms with van der Waals surface area (Å²) in [6.45, 7) is 0. The van der Waals surface area contributed by atoms with Gasteiger partial charge in [0.2, 0.25) is 0 Å².